The molecule has 0 saturated carbocycles. The summed E-state index contributed by atoms with van der Waals surface area (Å²) in [4.78, 5) is -0.990. The van der Waals surface area contributed by atoms with Crippen LogP contribution in [0.3, 0.4) is 0 Å². The van der Waals surface area contributed by atoms with Crippen LogP contribution in [-0.2, 0) is 10.1 Å². The molecule has 0 fully saturated rings. The Morgan fingerprint density at radius 2 is 1.58 bits per heavy atom. The molecule has 0 bridgehead atoms. The quantitative estimate of drug-likeness (QED) is 0.816. The fourth-order valence-electron chi connectivity index (χ4n) is 1.34. The van der Waals surface area contributed by atoms with E-state index in [1.54, 1.807) is 0 Å². The number of hydrogen-bond acceptors (Lipinski definition) is 3. The number of hydrogen-bond donors (Lipinski definition) is 0. The van der Waals surface area contributed by atoms with Gasteiger partial charge in [-0.2, -0.15) is 8.42 Å². The molecule has 0 unspecified atom stereocenters. The van der Waals surface area contributed by atoms with Gasteiger partial charge in [0, 0.05) is 0 Å². The van der Waals surface area contributed by atoms with Crippen LogP contribution in [0.2, 0.25) is 0 Å². The van der Waals surface area contributed by atoms with Gasteiger partial charge in [0.25, 0.3) is 0 Å². The summed E-state index contributed by atoms with van der Waals surface area (Å²) in [6.45, 7) is 0. The Bertz CT molecular complexity index is 714. The van der Waals surface area contributed by atoms with E-state index in [4.69, 9.17) is 0 Å². The van der Waals surface area contributed by atoms with E-state index in [2.05, 4.69) is 4.18 Å². The summed E-state index contributed by atoms with van der Waals surface area (Å²) < 4.78 is 67.4. The molecule has 0 amide bonds. The zero-order valence-electron chi connectivity index (χ0n) is 9.31. The molecular formula is C12H7F3O3S. The van der Waals surface area contributed by atoms with Gasteiger partial charge >= 0.3 is 10.1 Å². The first-order valence-electron chi connectivity index (χ1n) is 5.04. The van der Waals surface area contributed by atoms with E-state index in [9.17, 15) is 21.6 Å². The lowest BCUT2D eigenvalue weighted by atomic mass is 10.3. The van der Waals surface area contributed by atoms with E-state index >= 15 is 0 Å². The van der Waals surface area contributed by atoms with Gasteiger partial charge < -0.3 is 4.18 Å². The molecule has 2 aromatic carbocycles. The first kappa shape index (κ1) is 13.4. The monoisotopic (exact) mass is 288 g/mol. The van der Waals surface area contributed by atoms with Crippen LogP contribution in [0, 0.1) is 17.5 Å². The average Bonchev–Trinajstić information content (AvgIpc) is 2.35. The van der Waals surface area contributed by atoms with Crippen LogP contribution in [0.5, 0.6) is 5.75 Å². The summed E-state index contributed by atoms with van der Waals surface area (Å²) in [5.41, 5.74) is 0. The summed E-state index contributed by atoms with van der Waals surface area (Å²) in [5, 5.41) is 0. The zero-order valence-corrected chi connectivity index (χ0v) is 10.1. The van der Waals surface area contributed by atoms with Crippen LogP contribution in [0.15, 0.2) is 47.4 Å². The van der Waals surface area contributed by atoms with Crippen LogP contribution in [0.4, 0.5) is 13.2 Å². The predicted octanol–water partition coefficient (Wildman–Crippen LogP) is 2.87. The summed E-state index contributed by atoms with van der Waals surface area (Å²) in [5.74, 6) is -3.65. The van der Waals surface area contributed by atoms with Crippen molar-refractivity contribution >= 4 is 10.1 Å². The van der Waals surface area contributed by atoms with E-state index < -0.39 is 38.2 Å². The molecular weight excluding hydrogens is 281 g/mol. The Morgan fingerprint density at radius 1 is 0.895 bits per heavy atom. The highest BCUT2D eigenvalue weighted by Crippen LogP contribution is 2.23. The van der Waals surface area contributed by atoms with Gasteiger partial charge in [0.05, 0.1) is 0 Å². The van der Waals surface area contributed by atoms with E-state index in [1.807, 2.05) is 0 Å². The van der Waals surface area contributed by atoms with Crippen molar-refractivity contribution in [3.63, 3.8) is 0 Å². The largest absolute Gasteiger partial charge is 0.376 e. The summed E-state index contributed by atoms with van der Waals surface area (Å²) in [7, 11) is -4.64. The van der Waals surface area contributed by atoms with Crippen molar-refractivity contribution < 1.29 is 25.8 Å². The molecule has 0 saturated heterocycles. The van der Waals surface area contributed by atoms with Crippen LogP contribution in [-0.4, -0.2) is 8.42 Å². The second-order valence-corrected chi connectivity index (χ2v) is 5.06. The molecule has 7 heteroatoms. The SMILES string of the molecule is O=S(=O)(Oc1ccccc1F)c1cc(F)ccc1F. The molecule has 100 valence electrons. The normalized spacial score (nSPS) is 11.3. The first-order chi connectivity index (χ1) is 8.90. The van der Waals surface area contributed by atoms with E-state index in [0.717, 1.165) is 18.2 Å². The first-order valence-corrected chi connectivity index (χ1v) is 6.45. The second-order valence-electron chi connectivity index (χ2n) is 3.54. The third-order valence-corrected chi connectivity index (χ3v) is 3.45. The van der Waals surface area contributed by atoms with E-state index in [0.29, 0.717) is 12.1 Å². The Morgan fingerprint density at radius 3 is 2.26 bits per heavy atom. The van der Waals surface area contributed by atoms with Crippen LogP contribution in [0.25, 0.3) is 0 Å². The number of benzene rings is 2. The van der Waals surface area contributed by atoms with Crippen molar-refractivity contribution in [3.8, 4) is 5.75 Å². The standard InChI is InChI=1S/C12H7F3O3S/c13-8-5-6-10(15)12(7-8)19(16,17)18-11-4-2-1-3-9(11)14/h1-7H. The minimum Gasteiger partial charge on any atom is -0.376 e. The molecule has 2 rings (SSSR count). The molecule has 19 heavy (non-hydrogen) atoms. The van der Waals surface area contributed by atoms with Crippen LogP contribution < -0.4 is 4.18 Å². The maximum Gasteiger partial charge on any atom is 0.342 e. The third kappa shape index (κ3) is 2.87. The third-order valence-electron chi connectivity index (χ3n) is 2.20. The number of halogens is 3. The van der Waals surface area contributed by atoms with Crippen molar-refractivity contribution in [2.45, 2.75) is 4.90 Å². The zero-order chi connectivity index (χ0) is 14.0. The number of para-hydroxylation sites is 1. The van der Waals surface area contributed by atoms with Crippen molar-refractivity contribution in [1.29, 1.82) is 0 Å². The maximum absolute atomic E-state index is 13.3. The van der Waals surface area contributed by atoms with Crippen molar-refractivity contribution in [2.24, 2.45) is 0 Å². The van der Waals surface area contributed by atoms with Gasteiger partial charge in [0.2, 0.25) is 0 Å². The molecule has 0 heterocycles. The Kier molecular flexibility index (Phi) is 3.48. The van der Waals surface area contributed by atoms with Gasteiger partial charge in [0.1, 0.15) is 16.5 Å². The topological polar surface area (TPSA) is 43.4 Å². The molecule has 0 spiro atoms. The molecule has 0 aliphatic carbocycles. The van der Waals surface area contributed by atoms with Crippen LogP contribution in [0.1, 0.15) is 0 Å². The molecule has 0 aromatic heterocycles. The second kappa shape index (κ2) is 4.93. The lowest BCUT2D eigenvalue weighted by molar-refractivity contribution is 0.453. The molecule has 0 N–H and O–H groups in total. The molecule has 0 radical (unpaired) electrons. The molecule has 2 aromatic rings. The van der Waals surface area contributed by atoms with Gasteiger partial charge in [-0.1, -0.05) is 12.1 Å². The lowest BCUT2D eigenvalue weighted by Gasteiger charge is -2.08. The Hall–Kier alpha value is -2.02. The van der Waals surface area contributed by atoms with Gasteiger partial charge in [0.15, 0.2) is 11.6 Å². The smallest absolute Gasteiger partial charge is 0.342 e. The van der Waals surface area contributed by atoms with Crippen molar-refractivity contribution in [1.82, 2.24) is 0 Å². The van der Waals surface area contributed by atoms with E-state index in [1.165, 1.54) is 12.1 Å². The minimum atomic E-state index is -4.64. The van der Waals surface area contributed by atoms with Crippen LogP contribution >= 0.6 is 0 Å². The number of rotatable bonds is 3. The van der Waals surface area contributed by atoms with E-state index in [-0.39, 0.29) is 0 Å². The molecule has 0 aliphatic rings. The van der Waals surface area contributed by atoms with Gasteiger partial charge in [-0.3, -0.25) is 0 Å². The highest BCUT2D eigenvalue weighted by Gasteiger charge is 2.23. The summed E-state index contributed by atoms with van der Waals surface area (Å²) in [6, 6.07) is 6.58. The lowest BCUT2D eigenvalue weighted by Crippen LogP contribution is -2.12. The Labute approximate surface area is 107 Å². The average molecular weight is 288 g/mol. The predicted molar refractivity (Wildman–Crippen MR) is 60.6 cm³/mol. The van der Waals surface area contributed by atoms with Gasteiger partial charge in [-0.25, -0.2) is 13.2 Å². The highest BCUT2D eigenvalue weighted by atomic mass is 32.2. The molecule has 0 atom stereocenters. The van der Waals surface area contributed by atoms with Gasteiger partial charge in [-0.05, 0) is 30.3 Å². The maximum atomic E-state index is 13.3. The van der Waals surface area contributed by atoms with Crippen molar-refractivity contribution in [2.75, 3.05) is 0 Å². The Balaban J connectivity index is 2.44. The highest BCUT2D eigenvalue weighted by molar-refractivity contribution is 7.87. The molecule has 0 aliphatic heterocycles. The van der Waals surface area contributed by atoms with Gasteiger partial charge in [-0.15, -0.1) is 0 Å². The fourth-order valence-corrected chi connectivity index (χ4v) is 2.37. The molecule has 3 nitrogen and oxygen atoms in total. The van der Waals surface area contributed by atoms with Crippen molar-refractivity contribution in [3.05, 3.63) is 59.9 Å². The fraction of sp³-hybridized carbons (Fsp3) is 0. The summed E-state index contributed by atoms with van der Waals surface area (Å²) >= 11 is 0. The minimum absolute atomic E-state index is 0.464. The summed E-state index contributed by atoms with van der Waals surface area (Å²) in [6.07, 6.45) is 0.